The van der Waals surface area contributed by atoms with E-state index in [0.29, 0.717) is 5.92 Å². The van der Waals surface area contributed by atoms with Crippen molar-refractivity contribution in [3.05, 3.63) is 60.0 Å². The van der Waals surface area contributed by atoms with Gasteiger partial charge in [-0.05, 0) is 49.8 Å². The highest BCUT2D eigenvalue weighted by Gasteiger charge is 2.02. The van der Waals surface area contributed by atoms with Gasteiger partial charge in [-0.25, -0.2) is 4.39 Å². The van der Waals surface area contributed by atoms with E-state index in [9.17, 15) is 4.39 Å². The molecule has 0 spiro atoms. The summed E-state index contributed by atoms with van der Waals surface area (Å²) in [6.45, 7) is 8.18. The van der Waals surface area contributed by atoms with Gasteiger partial charge >= 0.3 is 0 Å². The maximum absolute atomic E-state index is 12.7. The minimum Gasteiger partial charge on any atom is -0.207 e. The van der Waals surface area contributed by atoms with Crippen LogP contribution in [0.15, 0.2) is 48.6 Å². The minimum absolute atomic E-state index is 0.171. The topological polar surface area (TPSA) is 0 Å². The molecule has 17 heavy (non-hydrogen) atoms. The lowest BCUT2D eigenvalue weighted by molar-refractivity contribution is 0.625. The molecule has 92 valence electrons. The Balaban J connectivity index is 2.53. The van der Waals surface area contributed by atoms with E-state index in [0.717, 1.165) is 19.3 Å². The summed E-state index contributed by atoms with van der Waals surface area (Å²) in [4.78, 5) is 0. The maximum atomic E-state index is 12.7. The van der Waals surface area contributed by atoms with Crippen LogP contribution in [0.3, 0.4) is 0 Å². The third kappa shape index (κ3) is 4.99. The second-order valence-corrected chi connectivity index (χ2v) is 4.43. The second kappa shape index (κ2) is 7.05. The largest absolute Gasteiger partial charge is 0.207 e. The molecule has 0 radical (unpaired) electrons. The molecular formula is C16H21F. The smallest absolute Gasteiger partial charge is 0.123 e. The van der Waals surface area contributed by atoms with Gasteiger partial charge < -0.3 is 0 Å². The van der Waals surface area contributed by atoms with Crippen molar-refractivity contribution in [1.29, 1.82) is 0 Å². The Bertz CT molecular complexity index is 373. The number of benzene rings is 1. The molecule has 1 rings (SSSR count). The quantitative estimate of drug-likeness (QED) is 0.611. The fourth-order valence-corrected chi connectivity index (χ4v) is 1.74. The molecule has 0 aliphatic carbocycles. The first kappa shape index (κ1) is 13.7. The second-order valence-electron chi connectivity index (χ2n) is 4.43. The van der Waals surface area contributed by atoms with Gasteiger partial charge in [-0.3, -0.25) is 0 Å². The summed E-state index contributed by atoms with van der Waals surface area (Å²) in [7, 11) is 0. The molecule has 1 unspecified atom stereocenters. The Labute approximate surface area is 104 Å². The summed E-state index contributed by atoms with van der Waals surface area (Å²) in [5.74, 6) is 0.246. The van der Waals surface area contributed by atoms with E-state index in [1.165, 1.54) is 23.3 Å². The van der Waals surface area contributed by atoms with Crippen molar-refractivity contribution in [2.24, 2.45) is 5.92 Å². The van der Waals surface area contributed by atoms with Gasteiger partial charge in [0.25, 0.3) is 0 Å². The van der Waals surface area contributed by atoms with Gasteiger partial charge in [0.1, 0.15) is 5.82 Å². The van der Waals surface area contributed by atoms with Crippen LogP contribution in [0.2, 0.25) is 0 Å². The fourth-order valence-electron chi connectivity index (χ4n) is 1.74. The van der Waals surface area contributed by atoms with E-state index in [4.69, 9.17) is 0 Å². The fraction of sp³-hybridized carbons (Fsp3) is 0.375. The van der Waals surface area contributed by atoms with Crippen molar-refractivity contribution < 1.29 is 4.39 Å². The third-order valence-corrected chi connectivity index (χ3v) is 3.04. The van der Waals surface area contributed by atoms with Crippen molar-refractivity contribution >= 4 is 0 Å². The Morgan fingerprint density at radius 2 is 2.00 bits per heavy atom. The molecule has 1 aromatic carbocycles. The minimum atomic E-state index is -0.171. The molecule has 0 aliphatic heterocycles. The Morgan fingerprint density at radius 3 is 2.53 bits per heavy atom. The molecule has 1 aromatic rings. The lowest BCUT2D eigenvalue weighted by Crippen LogP contribution is -1.96. The van der Waals surface area contributed by atoms with Gasteiger partial charge in [0.15, 0.2) is 0 Å². The van der Waals surface area contributed by atoms with E-state index < -0.39 is 0 Å². The monoisotopic (exact) mass is 232 g/mol. The SMILES string of the molecule is C=CC(/C=C(\C)CC)CCc1ccc(F)cc1. The molecule has 0 fully saturated rings. The first-order valence-corrected chi connectivity index (χ1v) is 6.20. The lowest BCUT2D eigenvalue weighted by atomic mass is 9.97. The number of halogens is 1. The van der Waals surface area contributed by atoms with Crippen LogP contribution in [0.5, 0.6) is 0 Å². The molecule has 0 bridgehead atoms. The Kier molecular flexibility index (Phi) is 5.68. The Morgan fingerprint density at radius 1 is 1.35 bits per heavy atom. The van der Waals surface area contributed by atoms with Gasteiger partial charge in [-0.2, -0.15) is 0 Å². The molecule has 1 atom stereocenters. The highest BCUT2D eigenvalue weighted by molar-refractivity contribution is 5.17. The zero-order valence-electron chi connectivity index (χ0n) is 10.7. The van der Waals surface area contributed by atoms with Crippen molar-refractivity contribution in [1.82, 2.24) is 0 Å². The van der Waals surface area contributed by atoms with Gasteiger partial charge in [0.2, 0.25) is 0 Å². The molecule has 0 saturated carbocycles. The lowest BCUT2D eigenvalue weighted by Gasteiger charge is -2.09. The van der Waals surface area contributed by atoms with Crippen LogP contribution in [0.4, 0.5) is 4.39 Å². The predicted octanol–water partition coefficient (Wildman–Crippen LogP) is 4.92. The molecule has 0 aliphatic rings. The van der Waals surface area contributed by atoms with E-state index in [1.54, 1.807) is 0 Å². The molecule has 0 amide bonds. The molecule has 0 heterocycles. The van der Waals surface area contributed by atoms with Crippen LogP contribution in [-0.4, -0.2) is 0 Å². The molecule has 0 saturated heterocycles. The van der Waals surface area contributed by atoms with Crippen molar-refractivity contribution in [3.63, 3.8) is 0 Å². The number of aryl methyl sites for hydroxylation is 1. The van der Waals surface area contributed by atoms with E-state index in [1.807, 2.05) is 18.2 Å². The number of rotatable bonds is 6. The predicted molar refractivity (Wildman–Crippen MR) is 72.5 cm³/mol. The normalized spacial score (nSPS) is 13.5. The van der Waals surface area contributed by atoms with Gasteiger partial charge in [0, 0.05) is 0 Å². The zero-order valence-corrected chi connectivity index (χ0v) is 10.7. The summed E-state index contributed by atoms with van der Waals surface area (Å²) >= 11 is 0. The zero-order chi connectivity index (χ0) is 12.7. The van der Waals surface area contributed by atoms with Crippen LogP contribution >= 0.6 is 0 Å². The average molecular weight is 232 g/mol. The summed E-state index contributed by atoms with van der Waals surface area (Å²) in [6.07, 6.45) is 7.34. The van der Waals surface area contributed by atoms with E-state index in [2.05, 4.69) is 26.5 Å². The van der Waals surface area contributed by atoms with Crippen molar-refractivity contribution in [2.75, 3.05) is 0 Å². The number of hydrogen-bond acceptors (Lipinski definition) is 0. The first-order chi connectivity index (χ1) is 8.15. The molecule has 0 N–H and O–H groups in total. The maximum Gasteiger partial charge on any atom is 0.123 e. The molecular weight excluding hydrogens is 211 g/mol. The summed E-state index contributed by atoms with van der Waals surface area (Å²) in [6, 6.07) is 6.74. The van der Waals surface area contributed by atoms with Crippen LogP contribution in [0.1, 0.15) is 32.3 Å². The molecule has 0 aromatic heterocycles. The Hall–Kier alpha value is -1.37. The van der Waals surface area contributed by atoms with Crippen LogP contribution < -0.4 is 0 Å². The van der Waals surface area contributed by atoms with Crippen molar-refractivity contribution in [2.45, 2.75) is 33.1 Å². The van der Waals surface area contributed by atoms with Crippen LogP contribution in [-0.2, 0) is 6.42 Å². The summed E-state index contributed by atoms with van der Waals surface area (Å²) < 4.78 is 12.7. The van der Waals surface area contributed by atoms with Crippen LogP contribution in [0, 0.1) is 11.7 Å². The van der Waals surface area contributed by atoms with Gasteiger partial charge in [-0.15, -0.1) is 6.58 Å². The standard InChI is InChI=1S/C16H21F/c1-4-13(3)12-14(5-2)6-7-15-8-10-16(17)11-9-15/h5,8-12,14H,2,4,6-7H2,1,3H3/b13-12+. The van der Waals surface area contributed by atoms with Gasteiger partial charge in [0.05, 0.1) is 0 Å². The highest BCUT2D eigenvalue weighted by atomic mass is 19.1. The summed E-state index contributed by atoms with van der Waals surface area (Å²) in [5.41, 5.74) is 2.58. The van der Waals surface area contributed by atoms with Gasteiger partial charge in [-0.1, -0.05) is 36.8 Å². The molecule has 1 heteroatoms. The third-order valence-electron chi connectivity index (χ3n) is 3.04. The molecule has 0 nitrogen and oxygen atoms in total. The van der Waals surface area contributed by atoms with E-state index >= 15 is 0 Å². The van der Waals surface area contributed by atoms with E-state index in [-0.39, 0.29) is 5.82 Å². The van der Waals surface area contributed by atoms with Crippen molar-refractivity contribution in [3.8, 4) is 0 Å². The average Bonchev–Trinajstić information content (AvgIpc) is 2.36. The number of allylic oxidation sites excluding steroid dienone is 3. The first-order valence-electron chi connectivity index (χ1n) is 6.20. The van der Waals surface area contributed by atoms with Crippen LogP contribution in [0.25, 0.3) is 0 Å². The summed E-state index contributed by atoms with van der Waals surface area (Å²) in [5, 5.41) is 0. The number of hydrogen-bond donors (Lipinski definition) is 0. The highest BCUT2D eigenvalue weighted by Crippen LogP contribution is 2.15.